The van der Waals surface area contributed by atoms with Gasteiger partial charge in [0, 0.05) is 30.6 Å². The highest BCUT2D eigenvalue weighted by Gasteiger charge is 2.19. The monoisotopic (exact) mass is 335 g/mol. The predicted octanol–water partition coefficient (Wildman–Crippen LogP) is 2.97. The van der Waals surface area contributed by atoms with Crippen molar-refractivity contribution < 1.29 is 4.42 Å². The zero-order chi connectivity index (χ0) is 15.2. The molecule has 0 radical (unpaired) electrons. The van der Waals surface area contributed by atoms with Crippen LogP contribution in [-0.4, -0.2) is 29.1 Å². The van der Waals surface area contributed by atoms with Crippen molar-refractivity contribution >= 4 is 28.7 Å². The molecular weight excluding hydrogens is 314 g/mol. The molecule has 1 aliphatic heterocycles. The van der Waals surface area contributed by atoms with Gasteiger partial charge in [0.2, 0.25) is 0 Å². The van der Waals surface area contributed by atoms with Crippen molar-refractivity contribution in [2.75, 3.05) is 13.1 Å². The largest absolute Gasteiger partial charge is 0.467 e. The number of likely N-dealkylation sites (tertiary alicyclic amines) is 1. The van der Waals surface area contributed by atoms with Crippen LogP contribution in [0.3, 0.4) is 0 Å². The van der Waals surface area contributed by atoms with Crippen molar-refractivity contribution in [3.05, 3.63) is 46.5 Å². The smallest absolute Gasteiger partial charge is 0.166 e. The zero-order valence-corrected chi connectivity index (χ0v) is 14.1. The second-order valence-electron chi connectivity index (χ2n) is 5.54. The van der Waals surface area contributed by atoms with E-state index in [-0.39, 0.29) is 0 Å². The lowest BCUT2D eigenvalue weighted by Gasteiger charge is -2.32. The topological polar surface area (TPSA) is 40.4 Å². The van der Waals surface area contributed by atoms with Gasteiger partial charge in [0.1, 0.15) is 5.76 Å². The summed E-state index contributed by atoms with van der Waals surface area (Å²) in [5.41, 5.74) is 0. The van der Waals surface area contributed by atoms with E-state index < -0.39 is 0 Å². The van der Waals surface area contributed by atoms with Gasteiger partial charge in [-0.3, -0.25) is 4.90 Å². The summed E-state index contributed by atoms with van der Waals surface area (Å²) in [6, 6.07) is 8.63. The highest BCUT2D eigenvalue weighted by Crippen LogP contribution is 2.16. The molecule has 4 nitrogen and oxygen atoms in total. The normalized spacial score (nSPS) is 16.5. The summed E-state index contributed by atoms with van der Waals surface area (Å²) in [5.74, 6) is 0.898. The number of thiophene rings is 1. The van der Waals surface area contributed by atoms with Gasteiger partial charge in [-0.05, 0) is 48.6 Å². The van der Waals surface area contributed by atoms with Crippen LogP contribution in [0.15, 0.2) is 40.3 Å². The Hall–Kier alpha value is -1.37. The van der Waals surface area contributed by atoms with Crippen molar-refractivity contribution in [2.45, 2.75) is 32.0 Å². The molecule has 0 unspecified atom stereocenters. The maximum absolute atomic E-state index is 5.35. The fourth-order valence-electron chi connectivity index (χ4n) is 2.68. The van der Waals surface area contributed by atoms with Gasteiger partial charge in [0.15, 0.2) is 5.11 Å². The van der Waals surface area contributed by atoms with Crippen molar-refractivity contribution in [2.24, 2.45) is 0 Å². The van der Waals surface area contributed by atoms with Crippen molar-refractivity contribution in [3.8, 4) is 0 Å². The van der Waals surface area contributed by atoms with E-state index in [0.29, 0.717) is 17.7 Å². The minimum Gasteiger partial charge on any atom is -0.467 e. The van der Waals surface area contributed by atoms with E-state index in [9.17, 15) is 0 Å². The molecule has 0 amide bonds. The average molecular weight is 335 g/mol. The lowest BCUT2D eigenvalue weighted by Crippen LogP contribution is -2.47. The van der Waals surface area contributed by atoms with Crippen LogP contribution in [0.2, 0.25) is 0 Å². The van der Waals surface area contributed by atoms with Crippen LogP contribution in [0.1, 0.15) is 23.5 Å². The number of furan rings is 1. The minimum atomic E-state index is 0.469. The molecule has 22 heavy (non-hydrogen) atoms. The molecule has 2 N–H and O–H groups in total. The number of rotatable bonds is 5. The Labute approximate surface area is 140 Å². The molecule has 1 saturated heterocycles. The number of nitrogens with one attached hydrogen (secondary N) is 2. The molecule has 1 fully saturated rings. The van der Waals surface area contributed by atoms with E-state index in [4.69, 9.17) is 16.6 Å². The van der Waals surface area contributed by atoms with Gasteiger partial charge in [-0.2, -0.15) is 0 Å². The first kappa shape index (κ1) is 15.5. The molecule has 0 aliphatic carbocycles. The Morgan fingerprint density at radius 2 is 2.18 bits per heavy atom. The maximum atomic E-state index is 5.35. The van der Waals surface area contributed by atoms with Crippen LogP contribution in [0, 0.1) is 0 Å². The molecule has 0 spiro atoms. The maximum Gasteiger partial charge on any atom is 0.166 e. The Kier molecular flexibility index (Phi) is 5.48. The predicted molar refractivity (Wildman–Crippen MR) is 93.9 cm³/mol. The molecule has 0 saturated carbocycles. The van der Waals surface area contributed by atoms with Gasteiger partial charge in [-0.25, -0.2) is 0 Å². The molecule has 3 heterocycles. The highest BCUT2D eigenvalue weighted by atomic mass is 32.1. The number of nitrogens with zero attached hydrogens (tertiary/aromatic N) is 1. The van der Waals surface area contributed by atoms with Crippen LogP contribution in [0.4, 0.5) is 0 Å². The summed E-state index contributed by atoms with van der Waals surface area (Å²) in [5, 5.41) is 9.47. The summed E-state index contributed by atoms with van der Waals surface area (Å²) < 4.78 is 5.28. The van der Waals surface area contributed by atoms with Crippen LogP contribution in [0.25, 0.3) is 0 Å². The summed E-state index contributed by atoms with van der Waals surface area (Å²) >= 11 is 7.19. The third kappa shape index (κ3) is 4.56. The number of piperidine rings is 1. The van der Waals surface area contributed by atoms with E-state index >= 15 is 0 Å². The molecule has 0 bridgehead atoms. The first-order chi connectivity index (χ1) is 10.8. The molecule has 1 aliphatic rings. The first-order valence-corrected chi connectivity index (χ1v) is 8.90. The van der Waals surface area contributed by atoms with Gasteiger partial charge < -0.3 is 15.1 Å². The molecular formula is C16H21N3OS2. The standard InChI is InChI=1S/C16H21N3OS2/c21-16(17-11-14-3-1-9-20-14)18-13-5-7-19(8-6-13)12-15-4-2-10-22-15/h1-4,9-10,13H,5-8,11-12H2,(H2,17,18,21). The fourth-order valence-corrected chi connectivity index (χ4v) is 3.66. The third-order valence-electron chi connectivity index (χ3n) is 3.89. The summed E-state index contributed by atoms with van der Waals surface area (Å²) in [6.07, 6.45) is 3.94. The zero-order valence-electron chi connectivity index (χ0n) is 12.5. The second-order valence-corrected chi connectivity index (χ2v) is 6.98. The molecule has 3 rings (SSSR count). The summed E-state index contributed by atoms with van der Waals surface area (Å²) in [4.78, 5) is 3.96. The van der Waals surface area contributed by atoms with E-state index in [1.54, 1.807) is 6.26 Å². The molecule has 6 heteroatoms. The van der Waals surface area contributed by atoms with Crippen LogP contribution in [0.5, 0.6) is 0 Å². The van der Waals surface area contributed by atoms with Crippen LogP contribution >= 0.6 is 23.6 Å². The summed E-state index contributed by atoms with van der Waals surface area (Å²) in [6.45, 7) is 3.95. The van der Waals surface area contributed by atoms with Crippen molar-refractivity contribution in [1.82, 2.24) is 15.5 Å². The van der Waals surface area contributed by atoms with E-state index in [1.165, 1.54) is 4.88 Å². The molecule has 0 aromatic carbocycles. The summed E-state index contributed by atoms with van der Waals surface area (Å²) in [7, 11) is 0. The van der Waals surface area contributed by atoms with Crippen molar-refractivity contribution in [3.63, 3.8) is 0 Å². The van der Waals surface area contributed by atoms with Crippen LogP contribution in [-0.2, 0) is 13.1 Å². The lowest BCUT2D eigenvalue weighted by atomic mass is 10.1. The SMILES string of the molecule is S=C(NCc1ccco1)NC1CCN(Cc2cccs2)CC1. The van der Waals surface area contributed by atoms with E-state index in [0.717, 1.165) is 38.2 Å². The Morgan fingerprint density at radius 3 is 2.86 bits per heavy atom. The van der Waals surface area contributed by atoms with Crippen molar-refractivity contribution in [1.29, 1.82) is 0 Å². The minimum absolute atomic E-state index is 0.469. The van der Waals surface area contributed by atoms with Gasteiger partial charge in [-0.15, -0.1) is 11.3 Å². The Morgan fingerprint density at radius 1 is 1.32 bits per heavy atom. The van der Waals surface area contributed by atoms with Gasteiger partial charge in [0.25, 0.3) is 0 Å². The van der Waals surface area contributed by atoms with E-state index in [1.807, 2.05) is 23.5 Å². The molecule has 2 aromatic heterocycles. The van der Waals surface area contributed by atoms with Gasteiger partial charge in [0.05, 0.1) is 12.8 Å². The Balaban J connectivity index is 1.35. The lowest BCUT2D eigenvalue weighted by molar-refractivity contribution is 0.200. The first-order valence-electron chi connectivity index (χ1n) is 7.61. The molecule has 2 aromatic rings. The van der Waals surface area contributed by atoms with Gasteiger partial charge in [-0.1, -0.05) is 6.07 Å². The third-order valence-corrected chi connectivity index (χ3v) is 5.01. The Bertz CT molecular complexity index is 560. The number of thiocarbonyl (C=S) groups is 1. The second kappa shape index (κ2) is 7.76. The van der Waals surface area contributed by atoms with Gasteiger partial charge >= 0.3 is 0 Å². The highest BCUT2D eigenvalue weighted by molar-refractivity contribution is 7.80. The average Bonchev–Trinajstić information content (AvgIpc) is 3.20. The molecule has 0 atom stereocenters. The number of hydrogen-bond acceptors (Lipinski definition) is 4. The van der Waals surface area contributed by atoms with Crippen LogP contribution < -0.4 is 10.6 Å². The van der Waals surface area contributed by atoms with E-state index in [2.05, 4.69) is 33.0 Å². The fraction of sp³-hybridized carbons (Fsp3) is 0.438. The quantitative estimate of drug-likeness (QED) is 0.822. The molecule has 118 valence electrons. The number of hydrogen-bond donors (Lipinski definition) is 2.